The normalized spacial score (nSPS) is 17.7. The van der Waals surface area contributed by atoms with Crippen LogP contribution in [0.5, 0.6) is 11.5 Å². The van der Waals surface area contributed by atoms with Gasteiger partial charge >= 0.3 is 11.9 Å². The molecular formula is C45H48N2O6. The van der Waals surface area contributed by atoms with Crippen molar-refractivity contribution in [2.75, 3.05) is 33.3 Å². The van der Waals surface area contributed by atoms with E-state index < -0.39 is 17.1 Å². The van der Waals surface area contributed by atoms with E-state index in [2.05, 4.69) is 10.6 Å². The van der Waals surface area contributed by atoms with Crippen LogP contribution in [0.4, 0.5) is 0 Å². The van der Waals surface area contributed by atoms with Crippen molar-refractivity contribution in [2.45, 2.75) is 56.3 Å². The molecule has 2 heterocycles. The van der Waals surface area contributed by atoms with Crippen LogP contribution in [0.3, 0.4) is 0 Å². The lowest BCUT2D eigenvalue weighted by atomic mass is 9.84. The predicted molar refractivity (Wildman–Crippen MR) is 206 cm³/mol. The van der Waals surface area contributed by atoms with E-state index in [9.17, 15) is 9.59 Å². The summed E-state index contributed by atoms with van der Waals surface area (Å²) in [6, 6.07) is 39.4. The molecule has 0 spiro atoms. The highest BCUT2D eigenvalue weighted by Crippen LogP contribution is 2.39. The molecule has 0 aliphatic carbocycles. The van der Waals surface area contributed by atoms with Crippen molar-refractivity contribution in [3.8, 4) is 11.5 Å². The van der Waals surface area contributed by atoms with Crippen molar-refractivity contribution in [1.82, 2.24) is 10.6 Å². The van der Waals surface area contributed by atoms with Gasteiger partial charge in [-0.15, -0.1) is 0 Å². The van der Waals surface area contributed by atoms with E-state index >= 15 is 0 Å². The molecule has 0 aromatic heterocycles. The molecule has 2 fully saturated rings. The van der Waals surface area contributed by atoms with Crippen LogP contribution in [-0.4, -0.2) is 51.3 Å². The van der Waals surface area contributed by atoms with Gasteiger partial charge in [0.2, 0.25) is 0 Å². The van der Waals surface area contributed by atoms with Gasteiger partial charge in [0.15, 0.2) is 0 Å². The molecule has 2 atom stereocenters. The number of carbonyl (C=O) groups excluding carboxylic acids is 2. The van der Waals surface area contributed by atoms with Crippen molar-refractivity contribution in [2.24, 2.45) is 5.92 Å². The maximum absolute atomic E-state index is 13.8. The molecule has 2 unspecified atom stereocenters. The molecule has 7 rings (SSSR count). The molecule has 0 bridgehead atoms. The van der Waals surface area contributed by atoms with E-state index in [1.54, 1.807) is 7.11 Å². The van der Waals surface area contributed by atoms with E-state index in [4.69, 9.17) is 18.9 Å². The fourth-order valence-electron chi connectivity index (χ4n) is 7.75. The molecule has 2 saturated heterocycles. The Morgan fingerprint density at radius 3 is 1.89 bits per heavy atom. The maximum atomic E-state index is 13.8. The van der Waals surface area contributed by atoms with E-state index in [1.807, 2.05) is 128 Å². The molecule has 8 heteroatoms. The number of carbonyl (C=O) groups is 2. The Labute approximate surface area is 311 Å². The Morgan fingerprint density at radius 1 is 0.660 bits per heavy atom. The van der Waals surface area contributed by atoms with Crippen LogP contribution < -0.4 is 15.4 Å². The zero-order chi connectivity index (χ0) is 36.7. The summed E-state index contributed by atoms with van der Waals surface area (Å²) in [5, 5.41) is 8.48. The Kier molecular flexibility index (Phi) is 11.2. The van der Waals surface area contributed by atoms with Gasteiger partial charge in [-0.1, -0.05) is 84.9 Å². The number of hydrogen-bond acceptors (Lipinski definition) is 8. The summed E-state index contributed by atoms with van der Waals surface area (Å²) in [6.07, 6.45) is 3.09. The molecule has 2 N–H and O–H groups in total. The van der Waals surface area contributed by atoms with Crippen molar-refractivity contribution in [3.05, 3.63) is 144 Å². The lowest BCUT2D eigenvalue weighted by Crippen LogP contribution is -2.45. The van der Waals surface area contributed by atoms with E-state index in [0.717, 1.165) is 53.6 Å². The summed E-state index contributed by atoms with van der Waals surface area (Å²) < 4.78 is 24.9. The monoisotopic (exact) mass is 712 g/mol. The van der Waals surface area contributed by atoms with Gasteiger partial charge in [0.1, 0.15) is 22.7 Å². The second-order valence-electron chi connectivity index (χ2n) is 14.2. The Balaban J connectivity index is 1.05. The Morgan fingerprint density at radius 2 is 1.25 bits per heavy atom. The first-order valence-electron chi connectivity index (χ1n) is 18.7. The SMILES string of the molecule is COC(Cc1ccccc1)C(C)C(=O)OC1(c2ccc(Oc3ccc4c(C(=O)OC5(c6ccccc6)CCNCC5)cccc4c3)cc2)CCNCC1. The van der Waals surface area contributed by atoms with Gasteiger partial charge in [-0.2, -0.15) is 0 Å². The number of esters is 2. The molecule has 8 nitrogen and oxygen atoms in total. The van der Waals surface area contributed by atoms with Crippen LogP contribution in [-0.2, 0) is 36.6 Å². The third-order valence-corrected chi connectivity index (χ3v) is 10.9. The minimum Gasteiger partial charge on any atom is -0.457 e. The summed E-state index contributed by atoms with van der Waals surface area (Å²) >= 11 is 0. The van der Waals surface area contributed by atoms with Crippen LogP contribution in [0.1, 0.15) is 59.7 Å². The second kappa shape index (κ2) is 16.3. The number of nitrogens with one attached hydrogen (secondary N) is 2. The quantitative estimate of drug-likeness (QED) is 0.126. The van der Waals surface area contributed by atoms with Crippen LogP contribution >= 0.6 is 0 Å². The summed E-state index contributed by atoms with van der Waals surface area (Å²) in [5.74, 6) is 0.266. The molecule has 2 aliphatic rings. The largest absolute Gasteiger partial charge is 0.457 e. The fraction of sp³-hybridized carbons (Fsp3) is 0.333. The van der Waals surface area contributed by atoms with Gasteiger partial charge in [0, 0.05) is 32.8 Å². The van der Waals surface area contributed by atoms with Gasteiger partial charge in [0.25, 0.3) is 0 Å². The first kappa shape index (κ1) is 36.3. The lowest BCUT2D eigenvalue weighted by molar-refractivity contribution is -0.173. The van der Waals surface area contributed by atoms with Crippen molar-refractivity contribution in [1.29, 1.82) is 0 Å². The molecule has 5 aromatic carbocycles. The molecule has 5 aromatic rings. The van der Waals surface area contributed by atoms with Crippen LogP contribution in [0.25, 0.3) is 10.8 Å². The van der Waals surface area contributed by atoms with Gasteiger partial charge in [-0.05, 0) is 103 Å². The third-order valence-electron chi connectivity index (χ3n) is 10.9. The lowest BCUT2D eigenvalue weighted by Gasteiger charge is -2.39. The highest BCUT2D eigenvalue weighted by molar-refractivity contribution is 6.05. The topological polar surface area (TPSA) is 95.1 Å². The van der Waals surface area contributed by atoms with Gasteiger partial charge < -0.3 is 29.6 Å². The highest BCUT2D eigenvalue weighted by Gasteiger charge is 2.41. The van der Waals surface area contributed by atoms with Crippen LogP contribution in [0.15, 0.2) is 121 Å². The van der Waals surface area contributed by atoms with Crippen molar-refractivity contribution < 1.29 is 28.5 Å². The zero-order valence-corrected chi connectivity index (χ0v) is 30.5. The van der Waals surface area contributed by atoms with Gasteiger partial charge in [0.05, 0.1) is 17.6 Å². The van der Waals surface area contributed by atoms with Crippen LogP contribution in [0.2, 0.25) is 0 Å². The zero-order valence-electron chi connectivity index (χ0n) is 30.5. The van der Waals surface area contributed by atoms with Crippen molar-refractivity contribution in [3.63, 3.8) is 0 Å². The minimum atomic E-state index is -0.749. The number of benzene rings is 5. The van der Waals surface area contributed by atoms with E-state index in [-0.39, 0.29) is 18.0 Å². The molecule has 0 saturated carbocycles. The predicted octanol–water partition coefficient (Wildman–Crippen LogP) is 8.08. The average molecular weight is 713 g/mol. The number of fused-ring (bicyclic) bond motifs is 1. The minimum absolute atomic E-state index is 0.264. The molecule has 0 radical (unpaired) electrons. The summed E-state index contributed by atoms with van der Waals surface area (Å²) in [7, 11) is 1.65. The molecule has 53 heavy (non-hydrogen) atoms. The molecular weight excluding hydrogens is 665 g/mol. The Bertz CT molecular complexity index is 1990. The van der Waals surface area contributed by atoms with Gasteiger partial charge in [-0.3, -0.25) is 4.79 Å². The average Bonchev–Trinajstić information content (AvgIpc) is 3.21. The second-order valence-corrected chi connectivity index (χ2v) is 14.2. The highest BCUT2D eigenvalue weighted by atomic mass is 16.6. The fourth-order valence-corrected chi connectivity index (χ4v) is 7.75. The maximum Gasteiger partial charge on any atom is 0.339 e. The van der Waals surface area contributed by atoms with Crippen molar-refractivity contribution >= 4 is 22.7 Å². The smallest absolute Gasteiger partial charge is 0.339 e. The number of methoxy groups -OCH3 is 1. The molecule has 0 amide bonds. The summed E-state index contributed by atoms with van der Waals surface area (Å²) in [4.78, 5) is 27.4. The standard InChI is InChI=1S/C45H48N2O6/c1-32(41(50-2)30-33-10-5-3-6-11-33)42(48)52-45(24-28-47-29-25-45)36-16-18-37(19-17-36)51-38-20-21-39-34(31-38)12-9-15-40(39)43(49)53-44(22-26-46-27-23-44)35-13-7-4-8-14-35/h3-21,31-32,41,46-47H,22-30H2,1-2H3. The van der Waals surface area contributed by atoms with Crippen LogP contribution in [0, 0.1) is 5.92 Å². The molecule has 274 valence electrons. The number of piperidine rings is 2. The van der Waals surface area contributed by atoms with Gasteiger partial charge in [-0.25, -0.2) is 4.79 Å². The molecule has 2 aliphatic heterocycles. The number of ether oxygens (including phenoxy) is 4. The Hall–Kier alpha value is -5.02. The summed E-state index contributed by atoms with van der Waals surface area (Å²) in [6.45, 7) is 4.94. The number of hydrogen-bond donors (Lipinski definition) is 2. The number of rotatable bonds is 12. The summed E-state index contributed by atoms with van der Waals surface area (Å²) in [5.41, 5.74) is 2.19. The first-order chi connectivity index (χ1) is 25.9. The van der Waals surface area contributed by atoms with E-state index in [0.29, 0.717) is 49.2 Å². The third kappa shape index (κ3) is 8.15. The first-order valence-corrected chi connectivity index (χ1v) is 18.7. The van der Waals surface area contributed by atoms with E-state index in [1.165, 1.54) is 0 Å².